The monoisotopic (exact) mass is 298 g/mol. The van der Waals surface area contributed by atoms with Crippen molar-refractivity contribution in [3.05, 3.63) is 45.5 Å². The fourth-order valence-corrected chi connectivity index (χ4v) is 2.58. The lowest BCUT2D eigenvalue weighted by Crippen LogP contribution is -2.17. The standard InChI is InChI=1S/C13H15ClN2O2S/c1-8(17)9(2)19-7-11-5-13(18)16-6-10(14)3-4-12(16)15-11/h3-6,8-9,17H,7H2,1-2H3. The van der Waals surface area contributed by atoms with Crippen LogP contribution in [-0.4, -0.2) is 25.8 Å². The predicted octanol–water partition coefficient (Wildman–Crippen LogP) is 2.35. The summed E-state index contributed by atoms with van der Waals surface area (Å²) in [5, 5.41) is 10.0. The molecule has 0 aliphatic heterocycles. The van der Waals surface area contributed by atoms with E-state index < -0.39 is 0 Å². The smallest absolute Gasteiger partial charge is 0.258 e. The van der Waals surface area contributed by atoms with Crippen molar-refractivity contribution < 1.29 is 5.11 Å². The Kier molecular flexibility index (Phi) is 4.50. The molecular formula is C13H15ClN2O2S. The van der Waals surface area contributed by atoms with Crippen molar-refractivity contribution in [1.29, 1.82) is 0 Å². The lowest BCUT2D eigenvalue weighted by Gasteiger charge is -2.13. The van der Waals surface area contributed by atoms with E-state index in [1.807, 2.05) is 6.92 Å². The van der Waals surface area contributed by atoms with Crippen molar-refractivity contribution in [2.45, 2.75) is 31.0 Å². The summed E-state index contributed by atoms with van der Waals surface area (Å²) in [6.07, 6.45) is 1.17. The first-order valence-corrected chi connectivity index (χ1v) is 7.37. The number of pyridine rings is 1. The van der Waals surface area contributed by atoms with E-state index >= 15 is 0 Å². The maximum atomic E-state index is 11.9. The molecule has 0 bridgehead atoms. The summed E-state index contributed by atoms with van der Waals surface area (Å²) in [7, 11) is 0. The third-order valence-corrected chi connectivity index (χ3v) is 4.46. The third kappa shape index (κ3) is 3.49. The zero-order valence-corrected chi connectivity index (χ0v) is 12.3. The van der Waals surface area contributed by atoms with Gasteiger partial charge in [0.25, 0.3) is 5.56 Å². The van der Waals surface area contributed by atoms with Crippen LogP contribution >= 0.6 is 23.4 Å². The van der Waals surface area contributed by atoms with Crippen LogP contribution in [0.2, 0.25) is 5.02 Å². The van der Waals surface area contributed by atoms with Gasteiger partial charge in [-0.05, 0) is 19.1 Å². The number of aliphatic hydroxyl groups is 1. The lowest BCUT2D eigenvalue weighted by molar-refractivity contribution is 0.196. The number of nitrogens with zero attached hydrogens (tertiary/aromatic N) is 2. The van der Waals surface area contributed by atoms with Gasteiger partial charge in [-0.2, -0.15) is 0 Å². The second kappa shape index (κ2) is 5.94. The van der Waals surface area contributed by atoms with E-state index in [2.05, 4.69) is 4.98 Å². The van der Waals surface area contributed by atoms with Crippen molar-refractivity contribution in [3.63, 3.8) is 0 Å². The minimum absolute atomic E-state index is 0.102. The number of rotatable bonds is 4. The van der Waals surface area contributed by atoms with E-state index in [1.165, 1.54) is 10.5 Å². The van der Waals surface area contributed by atoms with Gasteiger partial charge in [0.05, 0.1) is 16.8 Å². The Morgan fingerprint density at radius 3 is 2.89 bits per heavy atom. The number of hydrogen-bond acceptors (Lipinski definition) is 4. The fraction of sp³-hybridized carbons (Fsp3) is 0.385. The topological polar surface area (TPSA) is 54.6 Å². The second-order valence-electron chi connectivity index (χ2n) is 4.42. The maximum Gasteiger partial charge on any atom is 0.258 e. The van der Waals surface area contributed by atoms with Crippen LogP contribution in [-0.2, 0) is 5.75 Å². The maximum absolute atomic E-state index is 11.9. The molecule has 0 aromatic carbocycles. The minimum Gasteiger partial charge on any atom is -0.392 e. The summed E-state index contributed by atoms with van der Waals surface area (Å²) < 4.78 is 1.43. The largest absolute Gasteiger partial charge is 0.392 e. The first-order valence-electron chi connectivity index (χ1n) is 5.95. The summed E-state index contributed by atoms with van der Waals surface area (Å²) in [6.45, 7) is 3.70. The van der Waals surface area contributed by atoms with Gasteiger partial charge in [-0.15, -0.1) is 11.8 Å². The van der Waals surface area contributed by atoms with Gasteiger partial charge < -0.3 is 5.11 Å². The van der Waals surface area contributed by atoms with Crippen molar-refractivity contribution in [3.8, 4) is 0 Å². The molecule has 2 aromatic rings. The number of thioether (sulfide) groups is 1. The zero-order valence-electron chi connectivity index (χ0n) is 10.7. The van der Waals surface area contributed by atoms with Gasteiger partial charge in [0.1, 0.15) is 5.65 Å². The number of hydrogen-bond donors (Lipinski definition) is 1. The summed E-state index contributed by atoms with van der Waals surface area (Å²) in [4.78, 5) is 16.3. The lowest BCUT2D eigenvalue weighted by atomic mass is 10.3. The molecule has 0 aliphatic rings. The summed E-state index contributed by atoms with van der Waals surface area (Å²) in [6, 6.07) is 4.93. The van der Waals surface area contributed by atoms with E-state index in [-0.39, 0.29) is 16.9 Å². The highest BCUT2D eigenvalue weighted by Crippen LogP contribution is 2.19. The van der Waals surface area contributed by atoms with Crippen molar-refractivity contribution >= 4 is 29.0 Å². The van der Waals surface area contributed by atoms with E-state index in [0.29, 0.717) is 22.1 Å². The molecule has 102 valence electrons. The zero-order chi connectivity index (χ0) is 14.0. The van der Waals surface area contributed by atoms with E-state index in [4.69, 9.17) is 11.6 Å². The summed E-state index contributed by atoms with van der Waals surface area (Å²) >= 11 is 7.42. The van der Waals surface area contributed by atoms with Gasteiger partial charge in [-0.25, -0.2) is 4.98 Å². The molecule has 2 rings (SSSR count). The van der Waals surface area contributed by atoms with Crippen molar-refractivity contribution in [2.75, 3.05) is 0 Å². The van der Waals surface area contributed by atoms with Crippen LogP contribution < -0.4 is 5.56 Å². The second-order valence-corrected chi connectivity index (χ2v) is 6.22. The summed E-state index contributed by atoms with van der Waals surface area (Å²) in [5.74, 6) is 0.598. The van der Waals surface area contributed by atoms with Crippen LogP contribution in [0.25, 0.3) is 5.65 Å². The molecule has 0 fully saturated rings. The molecule has 0 saturated carbocycles. The number of fused-ring (bicyclic) bond motifs is 1. The van der Waals surface area contributed by atoms with Crippen LogP contribution in [0.1, 0.15) is 19.5 Å². The van der Waals surface area contributed by atoms with E-state index in [9.17, 15) is 9.90 Å². The Hall–Kier alpha value is -1.04. The number of aromatic nitrogens is 2. The molecule has 0 aliphatic carbocycles. The van der Waals surface area contributed by atoms with Crippen LogP contribution in [0, 0.1) is 0 Å². The molecule has 0 amide bonds. The SMILES string of the molecule is CC(O)C(C)SCc1cc(=O)n2cc(Cl)ccc2n1. The van der Waals surface area contributed by atoms with Crippen LogP contribution in [0.5, 0.6) is 0 Å². The molecule has 0 saturated heterocycles. The molecule has 19 heavy (non-hydrogen) atoms. The number of halogens is 1. The molecule has 2 atom stereocenters. The Morgan fingerprint density at radius 1 is 1.47 bits per heavy atom. The molecule has 0 radical (unpaired) electrons. The van der Waals surface area contributed by atoms with Gasteiger partial charge in [-0.1, -0.05) is 18.5 Å². The van der Waals surface area contributed by atoms with Crippen molar-refractivity contribution in [1.82, 2.24) is 9.38 Å². The highest BCUT2D eigenvalue weighted by Gasteiger charge is 2.10. The van der Waals surface area contributed by atoms with Gasteiger partial charge >= 0.3 is 0 Å². The number of aliphatic hydroxyl groups excluding tert-OH is 1. The Bertz CT molecular complexity index is 642. The highest BCUT2D eigenvalue weighted by atomic mass is 35.5. The fourth-order valence-electron chi connectivity index (χ4n) is 1.56. The Balaban J connectivity index is 2.26. The van der Waals surface area contributed by atoms with Gasteiger partial charge in [0, 0.05) is 23.3 Å². The normalized spacial score (nSPS) is 14.5. The van der Waals surface area contributed by atoms with Crippen LogP contribution in [0.4, 0.5) is 0 Å². The first-order chi connectivity index (χ1) is 8.97. The van der Waals surface area contributed by atoms with Gasteiger partial charge in [-0.3, -0.25) is 9.20 Å². The van der Waals surface area contributed by atoms with Gasteiger partial charge in [0.15, 0.2) is 0 Å². The molecule has 6 heteroatoms. The van der Waals surface area contributed by atoms with Crippen LogP contribution in [0.3, 0.4) is 0 Å². The molecule has 2 heterocycles. The van der Waals surface area contributed by atoms with Crippen molar-refractivity contribution in [2.24, 2.45) is 0 Å². The average Bonchev–Trinajstić information content (AvgIpc) is 2.36. The first kappa shape index (κ1) is 14.4. The Labute approximate surface area is 120 Å². The third-order valence-electron chi connectivity index (χ3n) is 2.85. The molecule has 4 nitrogen and oxygen atoms in total. The average molecular weight is 299 g/mol. The minimum atomic E-state index is -0.384. The molecule has 1 N–H and O–H groups in total. The van der Waals surface area contributed by atoms with Gasteiger partial charge in [0.2, 0.25) is 0 Å². The highest BCUT2D eigenvalue weighted by molar-refractivity contribution is 7.99. The predicted molar refractivity (Wildman–Crippen MR) is 78.9 cm³/mol. The molecule has 0 spiro atoms. The quantitative estimate of drug-likeness (QED) is 0.941. The Morgan fingerprint density at radius 2 is 2.21 bits per heavy atom. The van der Waals surface area contributed by atoms with E-state index in [1.54, 1.807) is 37.0 Å². The molecular weight excluding hydrogens is 284 g/mol. The summed E-state index contributed by atoms with van der Waals surface area (Å²) in [5.41, 5.74) is 1.15. The molecule has 2 unspecified atom stereocenters. The van der Waals surface area contributed by atoms with E-state index in [0.717, 1.165) is 0 Å². The van der Waals surface area contributed by atoms with Crippen LogP contribution in [0.15, 0.2) is 29.2 Å². The molecule has 2 aromatic heterocycles.